The smallest absolute Gasteiger partial charge is 0.224 e. The van der Waals surface area contributed by atoms with Crippen LogP contribution >= 0.6 is 0 Å². The number of hydrogen-bond donors (Lipinski definition) is 1. The molecule has 6 nitrogen and oxygen atoms in total. The molecule has 4 rings (SSSR count). The summed E-state index contributed by atoms with van der Waals surface area (Å²) in [6.07, 6.45) is 3.47. The van der Waals surface area contributed by atoms with Gasteiger partial charge in [0.05, 0.1) is 12.8 Å². The molecule has 1 aliphatic heterocycles. The Labute approximate surface area is 153 Å². The predicted octanol–water partition coefficient (Wildman–Crippen LogP) is 3.32. The van der Waals surface area contributed by atoms with Gasteiger partial charge in [0, 0.05) is 38.1 Å². The SMILES string of the molecule is Cc1cccc(N2CCN(c3ccnc(NCc4ccco4)n3)CC2)c1. The van der Waals surface area contributed by atoms with E-state index in [1.807, 2.05) is 18.2 Å². The predicted molar refractivity (Wildman–Crippen MR) is 104 cm³/mol. The van der Waals surface area contributed by atoms with Gasteiger partial charge < -0.3 is 19.5 Å². The summed E-state index contributed by atoms with van der Waals surface area (Å²) >= 11 is 0. The summed E-state index contributed by atoms with van der Waals surface area (Å²) in [6, 6.07) is 14.5. The van der Waals surface area contributed by atoms with Gasteiger partial charge in [-0.15, -0.1) is 0 Å². The van der Waals surface area contributed by atoms with Crippen LogP contribution in [0.1, 0.15) is 11.3 Å². The van der Waals surface area contributed by atoms with Gasteiger partial charge in [0.1, 0.15) is 11.6 Å². The molecule has 0 aliphatic carbocycles. The van der Waals surface area contributed by atoms with Gasteiger partial charge in [0.25, 0.3) is 0 Å². The van der Waals surface area contributed by atoms with Gasteiger partial charge in [-0.25, -0.2) is 4.98 Å². The Morgan fingerprint density at radius 1 is 1.04 bits per heavy atom. The average Bonchev–Trinajstić information content (AvgIpc) is 3.20. The van der Waals surface area contributed by atoms with Crippen molar-refractivity contribution in [1.82, 2.24) is 9.97 Å². The second kappa shape index (κ2) is 7.47. The molecule has 0 amide bonds. The number of hydrogen-bond acceptors (Lipinski definition) is 6. The lowest BCUT2D eigenvalue weighted by atomic mass is 10.2. The van der Waals surface area contributed by atoms with Crippen LogP contribution < -0.4 is 15.1 Å². The van der Waals surface area contributed by atoms with Crippen LogP contribution in [0.15, 0.2) is 59.3 Å². The molecule has 0 spiro atoms. The highest BCUT2D eigenvalue weighted by atomic mass is 16.3. The van der Waals surface area contributed by atoms with E-state index < -0.39 is 0 Å². The van der Waals surface area contributed by atoms with Crippen molar-refractivity contribution in [3.05, 3.63) is 66.2 Å². The zero-order chi connectivity index (χ0) is 17.8. The molecular weight excluding hydrogens is 326 g/mol. The Hall–Kier alpha value is -3.02. The maximum absolute atomic E-state index is 5.33. The van der Waals surface area contributed by atoms with E-state index in [1.54, 1.807) is 12.5 Å². The van der Waals surface area contributed by atoms with Crippen LogP contribution in [0.25, 0.3) is 0 Å². The van der Waals surface area contributed by atoms with Crippen molar-refractivity contribution in [2.24, 2.45) is 0 Å². The van der Waals surface area contributed by atoms with Gasteiger partial charge in [0.15, 0.2) is 0 Å². The number of rotatable bonds is 5. The van der Waals surface area contributed by atoms with E-state index in [2.05, 4.69) is 56.3 Å². The number of furan rings is 1. The molecule has 1 N–H and O–H groups in total. The van der Waals surface area contributed by atoms with E-state index in [1.165, 1.54) is 11.3 Å². The van der Waals surface area contributed by atoms with Crippen LogP contribution in [0, 0.1) is 6.92 Å². The summed E-state index contributed by atoms with van der Waals surface area (Å²) in [5, 5.41) is 3.21. The van der Waals surface area contributed by atoms with Crippen LogP contribution in [0.4, 0.5) is 17.5 Å². The second-order valence-corrected chi connectivity index (χ2v) is 6.48. The largest absolute Gasteiger partial charge is 0.467 e. The molecule has 3 heterocycles. The van der Waals surface area contributed by atoms with Crippen LogP contribution in [0.2, 0.25) is 0 Å². The summed E-state index contributed by atoms with van der Waals surface area (Å²) in [7, 11) is 0. The van der Waals surface area contributed by atoms with Crippen molar-refractivity contribution in [1.29, 1.82) is 0 Å². The molecule has 1 aromatic carbocycles. The number of aromatic nitrogens is 2. The van der Waals surface area contributed by atoms with Gasteiger partial charge in [0.2, 0.25) is 5.95 Å². The molecular formula is C20H23N5O. The molecule has 0 saturated carbocycles. The topological polar surface area (TPSA) is 57.4 Å². The standard InChI is InChI=1S/C20H23N5O/c1-16-4-2-5-17(14-16)24-9-11-25(12-10-24)19-7-8-21-20(23-19)22-15-18-6-3-13-26-18/h2-8,13-14H,9-12,15H2,1H3,(H,21,22,23). The zero-order valence-electron chi connectivity index (χ0n) is 14.9. The first-order valence-electron chi connectivity index (χ1n) is 8.94. The lowest BCUT2D eigenvalue weighted by Crippen LogP contribution is -2.46. The first kappa shape index (κ1) is 16.4. The van der Waals surface area contributed by atoms with Crippen molar-refractivity contribution in [3.63, 3.8) is 0 Å². The summed E-state index contributed by atoms with van der Waals surface area (Å²) in [4.78, 5) is 13.7. The normalized spacial score (nSPS) is 14.5. The third-order valence-electron chi connectivity index (χ3n) is 4.61. The number of anilines is 3. The van der Waals surface area contributed by atoms with Gasteiger partial charge in [-0.2, -0.15) is 4.98 Å². The van der Waals surface area contributed by atoms with E-state index in [0.29, 0.717) is 12.5 Å². The zero-order valence-corrected chi connectivity index (χ0v) is 14.9. The molecule has 26 heavy (non-hydrogen) atoms. The maximum atomic E-state index is 5.33. The second-order valence-electron chi connectivity index (χ2n) is 6.48. The summed E-state index contributed by atoms with van der Waals surface area (Å²) < 4.78 is 5.33. The highest BCUT2D eigenvalue weighted by molar-refractivity contribution is 5.51. The fourth-order valence-corrected chi connectivity index (χ4v) is 3.21. The Morgan fingerprint density at radius 3 is 2.65 bits per heavy atom. The third kappa shape index (κ3) is 3.79. The van der Waals surface area contributed by atoms with Gasteiger partial charge >= 0.3 is 0 Å². The van der Waals surface area contributed by atoms with Gasteiger partial charge in [-0.3, -0.25) is 0 Å². The molecule has 3 aromatic rings. The first-order chi connectivity index (χ1) is 12.8. The summed E-state index contributed by atoms with van der Waals surface area (Å²) in [5.74, 6) is 2.46. The summed E-state index contributed by atoms with van der Waals surface area (Å²) in [5.41, 5.74) is 2.60. The van der Waals surface area contributed by atoms with Crippen molar-refractivity contribution in [3.8, 4) is 0 Å². The Bertz CT molecular complexity index is 841. The minimum atomic E-state index is 0.581. The molecule has 2 aromatic heterocycles. The Morgan fingerprint density at radius 2 is 1.88 bits per heavy atom. The quantitative estimate of drug-likeness (QED) is 0.763. The van der Waals surface area contributed by atoms with E-state index in [9.17, 15) is 0 Å². The minimum absolute atomic E-state index is 0.581. The van der Waals surface area contributed by atoms with E-state index in [0.717, 1.165) is 37.8 Å². The first-order valence-corrected chi connectivity index (χ1v) is 8.94. The molecule has 0 atom stereocenters. The van der Waals surface area contributed by atoms with E-state index in [-0.39, 0.29) is 0 Å². The minimum Gasteiger partial charge on any atom is -0.467 e. The molecule has 6 heteroatoms. The lowest BCUT2D eigenvalue weighted by Gasteiger charge is -2.36. The van der Waals surface area contributed by atoms with Gasteiger partial charge in [-0.05, 0) is 42.8 Å². The van der Waals surface area contributed by atoms with Crippen molar-refractivity contribution < 1.29 is 4.42 Å². The molecule has 0 unspecified atom stereocenters. The summed E-state index contributed by atoms with van der Waals surface area (Å²) in [6.45, 7) is 6.59. The number of aryl methyl sites for hydroxylation is 1. The molecule has 134 valence electrons. The van der Waals surface area contributed by atoms with Crippen LogP contribution in [-0.2, 0) is 6.54 Å². The molecule has 0 radical (unpaired) electrons. The van der Waals surface area contributed by atoms with Crippen LogP contribution in [0.3, 0.4) is 0 Å². The number of nitrogens with one attached hydrogen (secondary N) is 1. The number of benzene rings is 1. The Balaban J connectivity index is 1.37. The highest BCUT2D eigenvalue weighted by Gasteiger charge is 2.18. The third-order valence-corrected chi connectivity index (χ3v) is 4.61. The monoisotopic (exact) mass is 349 g/mol. The van der Waals surface area contributed by atoms with Gasteiger partial charge in [-0.1, -0.05) is 12.1 Å². The maximum Gasteiger partial charge on any atom is 0.224 e. The van der Waals surface area contributed by atoms with Crippen LogP contribution in [0.5, 0.6) is 0 Å². The molecule has 0 bridgehead atoms. The van der Waals surface area contributed by atoms with Crippen molar-refractivity contribution in [2.75, 3.05) is 41.3 Å². The number of nitrogens with zero attached hydrogens (tertiary/aromatic N) is 4. The van der Waals surface area contributed by atoms with E-state index >= 15 is 0 Å². The molecule has 1 fully saturated rings. The molecule has 1 saturated heterocycles. The Kier molecular flexibility index (Phi) is 4.73. The fraction of sp³-hybridized carbons (Fsp3) is 0.300. The highest BCUT2D eigenvalue weighted by Crippen LogP contribution is 2.20. The average molecular weight is 349 g/mol. The van der Waals surface area contributed by atoms with Crippen molar-refractivity contribution >= 4 is 17.5 Å². The van der Waals surface area contributed by atoms with Crippen molar-refractivity contribution in [2.45, 2.75) is 13.5 Å². The fourth-order valence-electron chi connectivity index (χ4n) is 3.21. The lowest BCUT2D eigenvalue weighted by molar-refractivity contribution is 0.517. The number of piperazine rings is 1. The molecule has 1 aliphatic rings. The van der Waals surface area contributed by atoms with E-state index in [4.69, 9.17) is 4.42 Å². The van der Waals surface area contributed by atoms with Crippen LogP contribution in [-0.4, -0.2) is 36.1 Å².